The monoisotopic (exact) mass is 393 g/mol. The van der Waals surface area contributed by atoms with Gasteiger partial charge in [-0.25, -0.2) is 9.18 Å². The van der Waals surface area contributed by atoms with Crippen LogP contribution in [-0.2, 0) is 16.1 Å². The lowest BCUT2D eigenvalue weighted by atomic mass is 10.1. The SMILES string of the molecule is Cc1ccc(CN(C)C(=O)COC(=O)c2cc(F)ccc2Br)cc1. The van der Waals surface area contributed by atoms with Crippen LogP contribution in [0.3, 0.4) is 0 Å². The lowest BCUT2D eigenvalue weighted by Gasteiger charge is -2.17. The van der Waals surface area contributed by atoms with Gasteiger partial charge in [0.1, 0.15) is 5.82 Å². The number of benzene rings is 2. The minimum Gasteiger partial charge on any atom is -0.452 e. The smallest absolute Gasteiger partial charge is 0.339 e. The zero-order valence-electron chi connectivity index (χ0n) is 13.4. The molecule has 0 bridgehead atoms. The highest BCUT2D eigenvalue weighted by atomic mass is 79.9. The number of likely N-dealkylation sites (N-methyl/N-ethyl adjacent to an activating group) is 1. The average molecular weight is 394 g/mol. The topological polar surface area (TPSA) is 46.6 Å². The first-order valence-corrected chi connectivity index (χ1v) is 8.08. The molecule has 6 heteroatoms. The summed E-state index contributed by atoms with van der Waals surface area (Å²) in [6.07, 6.45) is 0. The third kappa shape index (κ3) is 4.89. The van der Waals surface area contributed by atoms with E-state index in [9.17, 15) is 14.0 Å². The van der Waals surface area contributed by atoms with Crippen molar-refractivity contribution in [2.45, 2.75) is 13.5 Å². The highest BCUT2D eigenvalue weighted by Gasteiger charge is 2.16. The first-order valence-electron chi connectivity index (χ1n) is 7.28. The first-order chi connectivity index (χ1) is 11.4. The number of esters is 1. The molecule has 0 N–H and O–H groups in total. The summed E-state index contributed by atoms with van der Waals surface area (Å²) < 4.78 is 18.6. The number of carbonyl (C=O) groups is 2. The maximum atomic E-state index is 13.2. The largest absolute Gasteiger partial charge is 0.452 e. The summed E-state index contributed by atoms with van der Waals surface area (Å²) in [5, 5.41) is 0. The molecule has 1 amide bonds. The van der Waals surface area contributed by atoms with Crippen LogP contribution in [-0.4, -0.2) is 30.4 Å². The minimum atomic E-state index is -0.751. The Balaban J connectivity index is 1.91. The molecule has 0 fully saturated rings. The second-order valence-corrected chi connectivity index (χ2v) is 6.29. The van der Waals surface area contributed by atoms with E-state index in [4.69, 9.17) is 4.74 Å². The number of nitrogens with zero attached hydrogens (tertiary/aromatic N) is 1. The molecule has 0 saturated heterocycles. The van der Waals surface area contributed by atoms with Gasteiger partial charge in [0.2, 0.25) is 0 Å². The van der Waals surface area contributed by atoms with Crippen LogP contribution in [0.25, 0.3) is 0 Å². The van der Waals surface area contributed by atoms with E-state index in [1.54, 1.807) is 7.05 Å². The van der Waals surface area contributed by atoms with Gasteiger partial charge in [0.25, 0.3) is 5.91 Å². The Labute approximate surface area is 148 Å². The Morgan fingerprint density at radius 1 is 1.17 bits per heavy atom. The van der Waals surface area contributed by atoms with E-state index in [0.29, 0.717) is 11.0 Å². The van der Waals surface area contributed by atoms with Crippen molar-refractivity contribution in [1.82, 2.24) is 4.90 Å². The van der Waals surface area contributed by atoms with Gasteiger partial charge in [0.15, 0.2) is 6.61 Å². The molecule has 0 aromatic heterocycles. The molecule has 0 radical (unpaired) electrons. The summed E-state index contributed by atoms with van der Waals surface area (Å²) in [6, 6.07) is 11.5. The fourth-order valence-electron chi connectivity index (χ4n) is 2.02. The van der Waals surface area contributed by atoms with E-state index in [0.717, 1.165) is 17.2 Å². The van der Waals surface area contributed by atoms with Gasteiger partial charge in [-0.15, -0.1) is 0 Å². The van der Waals surface area contributed by atoms with Crippen LogP contribution in [0.2, 0.25) is 0 Å². The van der Waals surface area contributed by atoms with E-state index < -0.39 is 18.4 Å². The Bertz CT molecular complexity index is 746. The van der Waals surface area contributed by atoms with Crippen LogP contribution in [0.4, 0.5) is 4.39 Å². The van der Waals surface area contributed by atoms with Crippen molar-refractivity contribution in [2.75, 3.05) is 13.7 Å². The summed E-state index contributed by atoms with van der Waals surface area (Å²) in [4.78, 5) is 25.5. The van der Waals surface area contributed by atoms with E-state index in [-0.39, 0.29) is 11.5 Å². The molecule has 0 aliphatic rings. The normalized spacial score (nSPS) is 10.3. The Morgan fingerprint density at radius 3 is 2.50 bits per heavy atom. The van der Waals surface area contributed by atoms with Gasteiger partial charge in [-0.05, 0) is 46.6 Å². The van der Waals surface area contributed by atoms with Crippen LogP contribution in [0.5, 0.6) is 0 Å². The van der Waals surface area contributed by atoms with E-state index >= 15 is 0 Å². The van der Waals surface area contributed by atoms with Crippen LogP contribution < -0.4 is 0 Å². The zero-order chi connectivity index (χ0) is 17.7. The van der Waals surface area contributed by atoms with Gasteiger partial charge in [-0.1, -0.05) is 29.8 Å². The molecule has 2 aromatic rings. The summed E-state index contributed by atoms with van der Waals surface area (Å²) in [7, 11) is 1.63. The number of ether oxygens (including phenoxy) is 1. The van der Waals surface area contributed by atoms with Gasteiger partial charge in [0.05, 0.1) is 5.56 Å². The molecule has 0 heterocycles. The highest BCUT2D eigenvalue weighted by Crippen LogP contribution is 2.18. The summed E-state index contributed by atoms with van der Waals surface area (Å²) in [5.41, 5.74) is 2.17. The first kappa shape index (κ1) is 18.1. The highest BCUT2D eigenvalue weighted by molar-refractivity contribution is 9.10. The van der Waals surface area contributed by atoms with Crippen LogP contribution in [0.15, 0.2) is 46.9 Å². The van der Waals surface area contributed by atoms with E-state index in [1.807, 2.05) is 31.2 Å². The quantitative estimate of drug-likeness (QED) is 0.727. The van der Waals surface area contributed by atoms with Crippen LogP contribution in [0, 0.1) is 12.7 Å². The van der Waals surface area contributed by atoms with Gasteiger partial charge in [-0.2, -0.15) is 0 Å². The minimum absolute atomic E-state index is 0.0454. The standard InChI is InChI=1S/C18H17BrFNO3/c1-12-3-5-13(6-4-12)10-21(2)17(22)11-24-18(23)15-9-14(20)7-8-16(15)19/h3-9H,10-11H2,1-2H3. The molecule has 0 unspecified atom stereocenters. The Kier molecular flexibility index (Phi) is 6.09. The Morgan fingerprint density at radius 2 is 1.83 bits per heavy atom. The van der Waals surface area contributed by atoms with Crippen LogP contribution in [0.1, 0.15) is 21.5 Å². The van der Waals surface area contributed by atoms with Gasteiger partial charge in [-0.3, -0.25) is 4.79 Å². The van der Waals surface area contributed by atoms with Crippen molar-refractivity contribution >= 4 is 27.8 Å². The molecule has 0 aliphatic heterocycles. The fraction of sp³-hybridized carbons (Fsp3) is 0.222. The molecule has 2 aromatic carbocycles. The zero-order valence-corrected chi connectivity index (χ0v) is 15.0. The molecular formula is C18H17BrFNO3. The van der Waals surface area contributed by atoms with Gasteiger partial charge < -0.3 is 9.64 Å². The maximum Gasteiger partial charge on any atom is 0.339 e. The third-order valence-electron chi connectivity index (χ3n) is 3.44. The van der Waals surface area contributed by atoms with Gasteiger partial charge >= 0.3 is 5.97 Å². The van der Waals surface area contributed by atoms with Crippen molar-refractivity contribution in [3.05, 3.63) is 69.4 Å². The molecule has 0 atom stereocenters. The molecule has 0 spiro atoms. The predicted molar refractivity (Wildman–Crippen MR) is 92.0 cm³/mol. The number of hydrogen-bond donors (Lipinski definition) is 0. The van der Waals surface area contributed by atoms with E-state index in [2.05, 4.69) is 15.9 Å². The number of amides is 1. The lowest BCUT2D eigenvalue weighted by molar-refractivity contribution is -0.133. The van der Waals surface area contributed by atoms with Gasteiger partial charge in [0, 0.05) is 18.1 Å². The van der Waals surface area contributed by atoms with Crippen molar-refractivity contribution in [1.29, 1.82) is 0 Å². The second-order valence-electron chi connectivity index (χ2n) is 5.44. The predicted octanol–water partition coefficient (Wildman–Crippen LogP) is 3.71. The second kappa shape index (κ2) is 8.06. The summed E-state index contributed by atoms with van der Waals surface area (Å²) in [5.74, 6) is -1.64. The van der Waals surface area contributed by atoms with E-state index in [1.165, 1.54) is 17.0 Å². The molecule has 126 valence electrons. The maximum absolute atomic E-state index is 13.2. The Hall–Kier alpha value is -2.21. The van der Waals surface area contributed by atoms with Crippen molar-refractivity contribution in [2.24, 2.45) is 0 Å². The molecular weight excluding hydrogens is 377 g/mol. The molecule has 4 nitrogen and oxygen atoms in total. The van der Waals surface area contributed by atoms with Crippen molar-refractivity contribution in [3.8, 4) is 0 Å². The molecule has 0 saturated carbocycles. The number of halogens is 2. The molecule has 2 rings (SSSR count). The third-order valence-corrected chi connectivity index (χ3v) is 4.13. The molecule has 24 heavy (non-hydrogen) atoms. The number of rotatable bonds is 5. The average Bonchev–Trinajstić information content (AvgIpc) is 2.56. The number of aryl methyl sites for hydroxylation is 1. The van der Waals surface area contributed by atoms with Crippen molar-refractivity contribution < 1.29 is 18.7 Å². The summed E-state index contributed by atoms with van der Waals surface area (Å²) in [6.45, 7) is 2.01. The fourth-order valence-corrected chi connectivity index (χ4v) is 2.43. The number of hydrogen-bond acceptors (Lipinski definition) is 3. The van der Waals surface area contributed by atoms with Crippen molar-refractivity contribution in [3.63, 3.8) is 0 Å². The number of carbonyl (C=O) groups excluding carboxylic acids is 2. The van der Waals surface area contributed by atoms with Crippen LogP contribution >= 0.6 is 15.9 Å². The molecule has 0 aliphatic carbocycles. The lowest BCUT2D eigenvalue weighted by Crippen LogP contribution is -2.30. The summed E-state index contributed by atoms with van der Waals surface area (Å²) >= 11 is 3.15.